The molecule has 0 amide bonds. The Kier molecular flexibility index (Phi) is 6.69. The Hall–Kier alpha value is -0.160. The van der Waals surface area contributed by atoms with Crippen molar-refractivity contribution in [1.82, 2.24) is 9.80 Å². The van der Waals surface area contributed by atoms with E-state index >= 15 is 0 Å². The van der Waals surface area contributed by atoms with Crippen LogP contribution in [0.5, 0.6) is 0 Å². The van der Waals surface area contributed by atoms with Crippen molar-refractivity contribution in [2.24, 2.45) is 5.92 Å². The second kappa shape index (κ2) is 8.09. The highest BCUT2D eigenvalue weighted by Gasteiger charge is 2.27. The normalized spacial score (nSPS) is 30.4. The van der Waals surface area contributed by atoms with Crippen LogP contribution in [0.3, 0.4) is 0 Å². The van der Waals surface area contributed by atoms with Gasteiger partial charge in [0.2, 0.25) is 0 Å². The minimum Gasteiger partial charge on any atom is -0.389 e. The number of nitrogens with zero attached hydrogens (tertiary/aromatic N) is 2. The average Bonchev–Trinajstić information content (AvgIpc) is 2.46. The lowest BCUT2D eigenvalue weighted by atomic mass is 9.86. The van der Waals surface area contributed by atoms with Gasteiger partial charge in [-0.25, -0.2) is 0 Å². The molecule has 0 aromatic heterocycles. The highest BCUT2D eigenvalue weighted by molar-refractivity contribution is 4.83. The van der Waals surface area contributed by atoms with Gasteiger partial charge in [-0.1, -0.05) is 6.92 Å². The van der Waals surface area contributed by atoms with Crippen molar-refractivity contribution in [1.29, 1.82) is 0 Å². The summed E-state index contributed by atoms with van der Waals surface area (Å²) in [7, 11) is 0. The molecule has 0 aromatic rings. The first-order chi connectivity index (χ1) is 10.3. The van der Waals surface area contributed by atoms with E-state index in [-0.39, 0.29) is 11.7 Å². The van der Waals surface area contributed by atoms with Crippen molar-refractivity contribution in [2.45, 2.75) is 71.1 Å². The van der Waals surface area contributed by atoms with Crippen molar-refractivity contribution in [3.63, 3.8) is 0 Å². The summed E-state index contributed by atoms with van der Waals surface area (Å²) in [6, 6.07) is 0.812. The van der Waals surface area contributed by atoms with E-state index in [0.717, 1.165) is 44.7 Å². The topological polar surface area (TPSA) is 35.9 Å². The molecule has 1 atom stereocenters. The van der Waals surface area contributed by atoms with E-state index in [1.54, 1.807) is 0 Å². The third-order valence-electron chi connectivity index (χ3n) is 5.09. The smallest absolute Gasteiger partial charge is 0.0900 e. The third kappa shape index (κ3) is 6.15. The molecule has 1 heterocycles. The van der Waals surface area contributed by atoms with E-state index in [0.29, 0.717) is 6.61 Å². The Morgan fingerprint density at radius 2 is 1.64 bits per heavy atom. The predicted octanol–water partition coefficient (Wildman–Crippen LogP) is 2.36. The van der Waals surface area contributed by atoms with Crippen LogP contribution in [0.1, 0.15) is 53.4 Å². The Morgan fingerprint density at radius 1 is 1.05 bits per heavy atom. The Bertz CT molecular complexity index is 314. The highest BCUT2D eigenvalue weighted by atomic mass is 16.5. The number of piperazine rings is 1. The molecule has 0 aromatic carbocycles. The molecule has 0 radical (unpaired) electrons. The van der Waals surface area contributed by atoms with Crippen molar-refractivity contribution in [3.05, 3.63) is 0 Å². The Morgan fingerprint density at radius 3 is 2.18 bits per heavy atom. The quantitative estimate of drug-likeness (QED) is 0.845. The van der Waals surface area contributed by atoms with Crippen LogP contribution in [0.2, 0.25) is 0 Å². The summed E-state index contributed by atoms with van der Waals surface area (Å²) in [6.07, 6.45) is 5.18. The van der Waals surface area contributed by atoms with Gasteiger partial charge >= 0.3 is 0 Å². The maximum Gasteiger partial charge on any atom is 0.0900 e. The molecule has 1 aliphatic heterocycles. The van der Waals surface area contributed by atoms with Gasteiger partial charge in [-0.15, -0.1) is 0 Å². The van der Waals surface area contributed by atoms with E-state index in [1.165, 1.54) is 25.7 Å². The molecule has 1 aliphatic carbocycles. The Labute approximate surface area is 136 Å². The number of aliphatic hydroxyl groups is 1. The fourth-order valence-corrected chi connectivity index (χ4v) is 3.62. The molecule has 1 N–H and O–H groups in total. The molecule has 130 valence electrons. The lowest BCUT2D eigenvalue weighted by Crippen LogP contribution is -2.52. The van der Waals surface area contributed by atoms with Gasteiger partial charge in [0.15, 0.2) is 0 Å². The summed E-state index contributed by atoms with van der Waals surface area (Å²) in [4.78, 5) is 5.07. The van der Waals surface area contributed by atoms with Gasteiger partial charge in [0, 0.05) is 38.8 Å². The molecule has 0 spiro atoms. The maximum atomic E-state index is 10.1. The standard InChI is InChI=1S/C18H36N2O2/c1-15-5-7-16(8-6-15)20-11-9-19(10-12-20)13-17(21)14-22-18(2,3)4/h15-17,21H,5-14H2,1-4H3. The summed E-state index contributed by atoms with van der Waals surface area (Å²) < 4.78 is 5.67. The number of ether oxygens (including phenoxy) is 1. The van der Waals surface area contributed by atoms with Crippen LogP contribution in [0, 0.1) is 5.92 Å². The van der Waals surface area contributed by atoms with Gasteiger partial charge in [-0.05, 0) is 52.4 Å². The van der Waals surface area contributed by atoms with Crippen molar-refractivity contribution in [3.8, 4) is 0 Å². The molecule has 4 nitrogen and oxygen atoms in total. The minimum atomic E-state index is -0.374. The molecule has 22 heavy (non-hydrogen) atoms. The summed E-state index contributed by atoms with van der Waals surface area (Å²) in [5, 5.41) is 10.1. The van der Waals surface area contributed by atoms with Crippen molar-refractivity contribution >= 4 is 0 Å². The predicted molar refractivity (Wildman–Crippen MR) is 91.1 cm³/mol. The van der Waals surface area contributed by atoms with Crippen molar-refractivity contribution < 1.29 is 9.84 Å². The molecule has 1 saturated heterocycles. The first-order valence-corrected chi connectivity index (χ1v) is 9.12. The summed E-state index contributed by atoms with van der Waals surface area (Å²) >= 11 is 0. The third-order valence-corrected chi connectivity index (χ3v) is 5.09. The van der Waals surface area contributed by atoms with Gasteiger partial charge < -0.3 is 9.84 Å². The zero-order valence-electron chi connectivity index (χ0n) is 15.1. The van der Waals surface area contributed by atoms with Crippen LogP contribution in [0.4, 0.5) is 0 Å². The van der Waals surface area contributed by atoms with Crippen LogP contribution in [0.25, 0.3) is 0 Å². The molecule has 2 rings (SSSR count). The van der Waals surface area contributed by atoms with Gasteiger partial charge in [0.1, 0.15) is 0 Å². The van der Waals surface area contributed by atoms with Crippen molar-refractivity contribution in [2.75, 3.05) is 39.3 Å². The second-order valence-electron chi connectivity index (χ2n) is 8.33. The average molecular weight is 312 g/mol. The molecule has 1 unspecified atom stereocenters. The fourth-order valence-electron chi connectivity index (χ4n) is 3.62. The minimum absolute atomic E-state index is 0.169. The molecular formula is C18H36N2O2. The zero-order chi connectivity index (χ0) is 16.2. The molecular weight excluding hydrogens is 276 g/mol. The van der Waals surface area contributed by atoms with Gasteiger partial charge in [-0.2, -0.15) is 0 Å². The van der Waals surface area contributed by atoms with E-state index in [4.69, 9.17) is 4.74 Å². The molecule has 1 saturated carbocycles. The summed E-state index contributed by atoms with van der Waals surface area (Å²) in [5.74, 6) is 0.926. The summed E-state index contributed by atoms with van der Waals surface area (Å²) in [5.41, 5.74) is -0.169. The highest BCUT2D eigenvalue weighted by Crippen LogP contribution is 2.27. The lowest BCUT2D eigenvalue weighted by Gasteiger charge is -2.42. The largest absolute Gasteiger partial charge is 0.389 e. The first-order valence-electron chi connectivity index (χ1n) is 9.12. The maximum absolute atomic E-state index is 10.1. The van der Waals surface area contributed by atoms with Crippen LogP contribution in [-0.4, -0.2) is 72.0 Å². The molecule has 2 fully saturated rings. The molecule has 2 aliphatic rings. The number of hydrogen-bond acceptors (Lipinski definition) is 4. The monoisotopic (exact) mass is 312 g/mol. The first kappa shape index (κ1) is 18.2. The number of hydrogen-bond donors (Lipinski definition) is 1. The van der Waals surface area contributed by atoms with Gasteiger partial charge in [-0.3, -0.25) is 9.80 Å². The molecule has 4 heteroatoms. The number of rotatable bonds is 5. The van der Waals surface area contributed by atoms with Crippen LogP contribution < -0.4 is 0 Å². The van der Waals surface area contributed by atoms with Crippen LogP contribution >= 0.6 is 0 Å². The number of β-amino-alcohol motifs (C(OH)–C–C–N with tert-alkyl or cyclic N) is 1. The summed E-state index contributed by atoms with van der Waals surface area (Å²) in [6.45, 7) is 14.1. The second-order valence-corrected chi connectivity index (χ2v) is 8.33. The van der Waals surface area contributed by atoms with E-state index in [9.17, 15) is 5.11 Å². The van der Waals surface area contributed by atoms with Gasteiger partial charge in [0.25, 0.3) is 0 Å². The SMILES string of the molecule is CC1CCC(N2CCN(CC(O)COC(C)(C)C)CC2)CC1. The Balaban J connectivity index is 1.64. The van der Waals surface area contributed by atoms with E-state index in [1.807, 2.05) is 20.8 Å². The molecule has 0 bridgehead atoms. The van der Waals surface area contributed by atoms with E-state index < -0.39 is 0 Å². The van der Waals surface area contributed by atoms with Gasteiger partial charge in [0.05, 0.1) is 18.3 Å². The van der Waals surface area contributed by atoms with Crippen LogP contribution in [-0.2, 0) is 4.74 Å². The fraction of sp³-hybridized carbons (Fsp3) is 1.00. The number of aliphatic hydroxyl groups excluding tert-OH is 1. The van der Waals surface area contributed by atoms with Crippen LogP contribution in [0.15, 0.2) is 0 Å². The zero-order valence-corrected chi connectivity index (χ0v) is 15.1. The lowest BCUT2D eigenvalue weighted by molar-refractivity contribution is -0.0597. The van der Waals surface area contributed by atoms with E-state index in [2.05, 4.69) is 16.7 Å².